The smallest absolute Gasteiger partial charge is 0.303 e. The van der Waals surface area contributed by atoms with E-state index in [1.807, 2.05) is 0 Å². The number of aromatic hydroxyl groups is 2. The Hall–Kier alpha value is -5.92. The number of benzene rings is 1. The molecule has 344 valence electrons. The molecule has 0 spiro atoms. The SMILES string of the molecule is CC(=O)OCC1OC(Sc2c(O)c3c(c(O)c2SC2OC(COC(C)=O)C(OC(C)=O)C(OC(C)=O)C2OC(C)=O)C(O)=CC(=O)C3=O)C(OC(C)=O)C(OC(C)=O)C1OC(C)=O. The molecule has 63 heavy (non-hydrogen) atoms. The number of carbonyl (C=O) groups is 10. The van der Waals surface area contributed by atoms with Crippen LogP contribution in [0.5, 0.6) is 11.5 Å². The molecule has 1 aliphatic carbocycles. The van der Waals surface area contributed by atoms with Crippen LogP contribution in [-0.2, 0) is 90.5 Å². The molecule has 3 aliphatic rings. The standard InChI is InChI=1S/C38H42O23S2/c1-12(39)52-10-22-29(54-14(3)41)31(56-16(5)43)33(58-18(7)45)37(60-22)62-35-27(50)24-20(47)9-21(48)26(49)25(24)28(51)36(35)63-38-34(59-19(8)46)32(57-17(6)44)30(55-15(4)42)23(61-38)11-53-13(2)40/h9,22-23,29-34,37-38,47,50-51H,10-11H2,1-8H3. The first-order valence-corrected chi connectivity index (χ1v) is 20.2. The molecule has 3 N–H and O–H groups in total. The number of allylic oxidation sites excluding steroid dienone is 1. The van der Waals surface area contributed by atoms with E-state index in [-0.39, 0.29) is 0 Å². The van der Waals surface area contributed by atoms with E-state index in [9.17, 15) is 63.3 Å². The number of fused-ring (bicyclic) bond motifs is 1. The molecule has 23 nitrogen and oxygen atoms in total. The second-order valence-electron chi connectivity index (χ2n) is 13.7. The number of carbonyl (C=O) groups excluding carboxylic acids is 10. The molecule has 1 aromatic carbocycles. The highest BCUT2D eigenvalue weighted by molar-refractivity contribution is 8.03. The van der Waals surface area contributed by atoms with Crippen molar-refractivity contribution in [2.45, 2.75) is 125 Å². The summed E-state index contributed by atoms with van der Waals surface area (Å²) in [5, 5.41) is 34.9. The van der Waals surface area contributed by atoms with Gasteiger partial charge in [0, 0.05) is 61.5 Å². The molecule has 10 atom stereocenters. The highest BCUT2D eigenvalue weighted by atomic mass is 32.2. The molecule has 2 saturated heterocycles. The molecule has 0 saturated carbocycles. The summed E-state index contributed by atoms with van der Waals surface area (Å²) in [6.45, 7) is 6.53. The van der Waals surface area contributed by atoms with Crippen LogP contribution < -0.4 is 0 Å². The lowest BCUT2D eigenvalue weighted by atomic mass is 9.92. The number of Topliss-reactive ketones (excluding diaryl/α,β-unsaturated/α-hetero) is 1. The Morgan fingerprint density at radius 1 is 0.492 bits per heavy atom. The number of hydrogen-bond donors (Lipinski definition) is 3. The Morgan fingerprint density at radius 2 is 0.810 bits per heavy atom. The lowest BCUT2D eigenvalue weighted by molar-refractivity contribution is -0.237. The molecular formula is C38H42O23S2. The van der Waals surface area contributed by atoms with Gasteiger partial charge in [-0.15, -0.1) is 0 Å². The van der Waals surface area contributed by atoms with Gasteiger partial charge < -0.3 is 62.7 Å². The zero-order valence-corrected chi connectivity index (χ0v) is 36.2. The fourth-order valence-corrected chi connectivity index (χ4v) is 9.23. The van der Waals surface area contributed by atoms with Gasteiger partial charge >= 0.3 is 47.8 Å². The number of aliphatic hydroxyl groups is 1. The third-order valence-corrected chi connectivity index (χ3v) is 11.3. The number of esters is 8. The third kappa shape index (κ3) is 12.2. The lowest BCUT2D eigenvalue weighted by Gasteiger charge is -2.45. The minimum Gasteiger partial charge on any atom is -0.507 e. The number of aliphatic hydroxyl groups excluding tert-OH is 1. The zero-order chi connectivity index (χ0) is 47.2. The maximum absolute atomic E-state index is 13.4. The molecule has 0 bridgehead atoms. The van der Waals surface area contributed by atoms with Gasteiger partial charge in [-0.25, -0.2) is 0 Å². The van der Waals surface area contributed by atoms with E-state index >= 15 is 0 Å². The van der Waals surface area contributed by atoms with Crippen LogP contribution in [0.3, 0.4) is 0 Å². The van der Waals surface area contributed by atoms with Crippen LogP contribution in [-0.4, -0.2) is 148 Å². The molecule has 2 aliphatic heterocycles. The van der Waals surface area contributed by atoms with Crippen molar-refractivity contribution in [3.8, 4) is 11.5 Å². The Kier molecular flexibility index (Phi) is 16.6. The van der Waals surface area contributed by atoms with Crippen LogP contribution in [0.1, 0.15) is 71.3 Å². The first kappa shape index (κ1) is 49.7. The summed E-state index contributed by atoms with van der Waals surface area (Å²) in [5.41, 5.74) is -5.22. The summed E-state index contributed by atoms with van der Waals surface area (Å²) in [5.74, 6) is -13.5. The van der Waals surface area contributed by atoms with Gasteiger partial charge in [-0.05, 0) is 0 Å². The molecule has 2 heterocycles. The molecule has 10 unspecified atom stereocenters. The van der Waals surface area contributed by atoms with E-state index in [4.69, 9.17) is 47.4 Å². The summed E-state index contributed by atoms with van der Waals surface area (Å²) >= 11 is 0.697. The predicted octanol–water partition coefficient (Wildman–Crippen LogP) is 1.11. The third-order valence-electron chi connectivity index (χ3n) is 8.70. The predicted molar refractivity (Wildman–Crippen MR) is 205 cm³/mol. The van der Waals surface area contributed by atoms with Gasteiger partial charge in [0.05, 0.1) is 20.9 Å². The van der Waals surface area contributed by atoms with Gasteiger partial charge in [-0.3, -0.25) is 47.9 Å². The van der Waals surface area contributed by atoms with Crippen molar-refractivity contribution in [3.63, 3.8) is 0 Å². The number of rotatable bonds is 14. The van der Waals surface area contributed by atoms with Crippen LogP contribution in [0.2, 0.25) is 0 Å². The van der Waals surface area contributed by atoms with Crippen LogP contribution >= 0.6 is 23.5 Å². The fraction of sp³-hybridized carbons (Fsp3) is 0.526. The molecule has 2 fully saturated rings. The van der Waals surface area contributed by atoms with Gasteiger partial charge in [-0.1, -0.05) is 23.5 Å². The van der Waals surface area contributed by atoms with Crippen molar-refractivity contribution < 1.29 is 111 Å². The largest absolute Gasteiger partial charge is 0.507 e. The zero-order valence-electron chi connectivity index (χ0n) is 34.6. The molecule has 0 amide bonds. The van der Waals surface area contributed by atoms with Crippen molar-refractivity contribution in [2.75, 3.05) is 13.2 Å². The van der Waals surface area contributed by atoms with E-state index in [0.717, 1.165) is 55.4 Å². The van der Waals surface area contributed by atoms with Crippen LogP contribution in [0, 0.1) is 0 Å². The molecular weight excluding hydrogens is 889 g/mol. The second-order valence-corrected chi connectivity index (χ2v) is 15.9. The Balaban J connectivity index is 2.02. The summed E-state index contributed by atoms with van der Waals surface area (Å²) in [7, 11) is 0. The van der Waals surface area contributed by atoms with Gasteiger partial charge in [0.25, 0.3) is 0 Å². The van der Waals surface area contributed by atoms with Crippen molar-refractivity contribution in [1.29, 1.82) is 0 Å². The molecule has 25 heteroatoms. The summed E-state index contributed by atoms with van der Waals surface area (Å²) < 4.78 is 55.4. The number of phenols is 2. The monoisotopic (exact) mass is 930 g/mol. The number of phenolic OH excluding ortho intramolecular Hbond substituents is 2. The molecule has 4 rings (SSSR count). The van der Waals surface area contributed by atoms with Crippen LogP contribution in [0.25, 0.3) is 5.76 Å². The summed E-state index contributed by atoms with van der Waals surface area (Å²) in [6, 6.07) is 0. The summed E-state index contributed by atoms with van der Waals surface area (Å²) in [4.78, 5) is 123. The Labute approximate surface area is 365 Å². The maximum atomic E-state index is 13.4. The van der Waals surface area contributed by atoms with E-state index in [0.29, 0.717) is 29.6 Å². The highest BCUT2D eigenvalue weighted by Crippen LogP contribution is 2.55. The van der Waals surface area contributed by atoms with Crippen molar-refractivity contribution in [3.05, 3.63) is 17.2 Å². The fourth-order valence-electron chi connectivity index (χ4n) is 6.55. The normalized spacial score (nSPS) is 26.4. The topological polar surface area (TPSA) is 324 Å². The van der Waals surface area contributed by atoms with Gasteiger partial charge in [0.2, 0.25) is 11.6 Å². The quantitative estimate of drug-likeness (QED) is 0.102. The van der Waals surface area contributed by atoms with E-state index in [1.165, 1.54) is 0 Å². The minimum absolute atomic E-state index is 0.334. The minimum atomic E-state index is -1.80. The van der Waals surface area contributed by atoms with Crippen LogP contribution in [0.15, 0.2) is 15.9 Å². The Morgan fingerprint density at radius 3 is 1.14 bits per heavy atom. The first-order chi connectivity index (χ1) is 29.4. The second kappa shape index (κ2) is 21.0. The van der Waals surface area contributed by atoms with E-state index < -0.39 is 170 Å². The van der Waals surface area contributed by atoms with E-state index in [1.54, 1.807) is 0 Å². The first-order valence-electron chi connectivity index (χ1n) is 18.5. The van der Waals surface area contributed by atoms with Crippen molar-refractivity contribution in [2.24, 2.45) is 0 Å². The number of hydrogen-bond acceptors (Lipinski definition) is 25. The highest BCUT2D eigenvalue weighted by Gasteiger charge is 2.55. The molecule has 1 aromatic rings. The maximum Gasteiger partial charge on any atom is 0.303 e. The number of ketones is 2. The number of ether oxygens (including phenoxy) is 10. The molecule has 0 aromatic heterocycles. The van der Waals surface area contributed by atoms with Crippen molar-refractivity contribution >= 4 is 88.6 Å². The van der Waals surface area contributed by atoms with E-state index in [2.05, 4.69) is 0 Å². The Bertz CT molecular complexity index is 2100. The van der Waals surface area contributed by atoms with Gasteiger partial charge in [0.15, 0.2) is 36.6 Å². The van der Waals surface area contributed by atoms with Crippen LogP contribution in [0.4, 0.5) is 0 Å². The average Bonchev–Trinajstić information content (AvgIpc) is 3.15. The van der Waals surface area contributed by atoms with Crippen molar-refractivity contribution in [1.82, 2.24) is 0 Å². The number of thioether (sulfide) groups is 2. The lowest BCUT2D eigenvalue weighted by Crippen LogP contribution is -2.61. The van der Waals surface area contributed by atoms with Gasteiger partial charge in [0.1, 0.15) is 53.6 Å². The average molecular weight is 931 g/mol. The van der Waals surface area contributed by atoms with Gasteiger partial charge in [-0.2, -0.15) is 0 Å². The molecule has 0 radical (unpaired) electrons. The summed E-state index contributed by atoms with van der Waals surface area (Å²) in [6.07, 6.45) is -12.9.